The minimum Gasteiger partial charge on any atom is -0.329 e. The third-order valence-corrected chi connectivity index (χ3v) is 5.30. The van der Waals surface area contributed by atoms with Gasteiger partial charge in [0.1, 0.15) is 5.82 Å². The van der Waals surface area contributed by atoms with Crippen LogP contribution in [0.5, 0.6) is 0 Å². The van der Waals surface area contributed by atoms with Crippen molar-refractivity contribution in [2.24, 2.45) is 0 Å². The first-order valence-corrected chi connectivity index (χ1v) is 9.96. The number of imidazole rings is 1. The summed E-state index contributed by atoms with van der Waals surface area (Å²) in [6.07, 6.45) is 1.33. The highest BCUT2D eigenvalue weighted by Crippen LogP contribution is 2.22. The van der Waals surface area contributed by atoms with E-state index in [9.17, 15) is 14.4 Å². The lowest BCUT2D eigenvalue weighted by Crippen LogP contribution is -2.41. The van der Waals surface area contributed by atoms with E-state index in [1.54, 1.807) is 41.3 Å². The molecule has 0 saturated carbocycles. The van der Waals surface area contributed by atoms with Gasteiger partial charge in [0.2, 0.25) is 5.91 Å². The van der Waals surface area contributed by atoms with Crippen LogP contribution < -0.4 is 15.8 Å². The second-order valence-corrected chi connectivity index (χ2v) is 7.21. The summed E-state index contributed by atoms with van der Waals surface area (Å²) < 4.78 is 2.07. The van der Waals surface area contributed by atoms with Gasteiger partial charge in [0.05, 0.1) is 11.0 Å². The summed E-state index contributed by atoms with van der Waals surface area (Å²) in [6.45, 7) is 5.41. The number of amides is 3. The number of aromatic nitrogens is 2. The molecule has 1 saturated heterocycles. The van der Waals surface area contributed by atoms with Gasteiger partial charge in [-0.2, -0.15) is 0 Å². The molecule has 1 aromatic heterocycles. The van der Waals surface area contributed by atoms with E-state index in [0.29, 0.717) is 29.8 Å². The van der Waals surface area contributed by atoms with Crippen LogP contribution in [0, 0.1) is 6.92 Å². The van der Waals surface area contributed by atoms with Gasteiger partial charge in [0, 0.05) is 36.3 Å². The Balaban J connectivity index is 1.44. The average Bonchev–Trinajstić information content (AvgIpc) is 3.32. The molecule has 0 bridgehead atoms. The summed E-state index contributed by atoms with van der Waals surface area (Å²) in [5, 5.41) is 0. The smallest absolute Gasteiger partial charge is 0.269 e. The number of aryl methyl sites for hydroxylation is 2. The standard InChI is InChI=1S/C22H23N5O3/c1-3-26-14(2)23-18-13-16(9-10-19(18)26)22(30)25-24-21(29)15-6-4-7-17(12-15)27-11-5-8-20(27)28/h4,6-7,9-10,12-13H,3,5,8,11H2,1-2H3,(H,24,29)(H,25,30). The lowest BCUT2D eigenvalue weighted by atomic mass is 10.1. The first kappa shape index (κ1) is 19.6. The van der Waals surface area contributed by atoms with Crippen LogP contribution in [0.3, 0.4) is 0 Å². The third kappa shape index (κ3) is 3.63. The molecule has 30 heavy (non-hydrogen) atoms. The van der Waals surface area contributed by atoms with E-state index in [1.807, 2.05) is 19.9 Å². The van der Waals surface area contributed by atoms with Crippen LogP contribution in [0.15, 0.2) is 42.5 Å². The van der Waals surface area contributed by atoms with Gasteiger partial charge in [-0.25, -0.2) is 4.98 Å². The van der Waals surface area contributed by atoms with Gasteiger partial charge in [-0.05, 0) is 56.7 Å². The number of carbonyl (C=O) groups excluding carboxylic acids is 3. The minimum absolute atomic E-state index is 0.0528. The lowest BCUT2D eigenvalue weighted by molar-refractivity contribution is -0.117. The van der Waals surface area contributed by atoms with Crippen molar-refractivity contribution in [1.82, 2.24) is 20.4 Å². The highest BCUT2D eigenvalue weighted by molar-refractivity contribution is 6.02. The van der Waals surface area contributed by atoms with Gasteiger partial charge in [-0.3, -0.25) is 25.2 Å². The second-order valence-electron chi connectivity index (χ2n) is 7.21. The number of anilines is 1. The fourth-order valence-corrected chi connectivity index (χ4v) is 3.78. The summed E-state index contributed by atoms with van der Waals surface area (Å²) in [4.78, 5) is 43.1. The molecule has 0 unspecified atom stereocenters. The number of nitrogens with zero attached hydrogens (tertiary/aromatic N) is 3. The largest absolute Gasteiger partial charge is 0.329 e. The Morgan fingerprint density at radius 2 is 1.80 bits per heavy atom. The van der Waals surface area contributed by atoms with Crippen molar-refractivity contribution in [3.63, 3.8) is 0 Å². The van der Waals surface area contributed by atoms with E-state index in [-0.39, 0.29) is 5.91 Å². The van der Waals surface area contributed by atoms with E-state index >= 15 is 0 Å². The molecule has 3 aromatic rings. The SMILES string of the molecule is CCn1c(C)nc2cc(C(=O)NNC(=O)c3cccc(N4CCCC4=O)c3)ccc21. The van der Waals surface area contributed by atoms with Crippen molar-refractivity contribution >= 4 is 34.4 Å². The molecule has 8 nitrogen and oxygen atoms in total. The number of hydrazine groups is 1. The Morgan fingerprint density at radius 1 is 1.07 bits per heavy atom. The van der Waals surface area contributed by atoms with E-state index in [0.717, 1.165) is 29.8 Å². The Kier molecular flexibility index (Phi) is 5.22. The number of hydrogen-bond donors (Lipinski definition) is 2. The quantitative estimate of drug-likeness (QED) is 0.652. The molecule has 3 amide bonds. The van der Waals surface area contributed by atoms with Gasteiger partial charge in [-0.1, -0.05) is 6.07 Å². The van der Waals surface area contributed by atoms with Crippen molar-refractivity contribution in [3.05, 3.63) is 59.4 Å². The maximum Gasteiger partial charge on any atom is 0.269 e. The number of nitrogens with one attached hydrogen (secondary N) is 2. The molecule has 2 aromatic carbocycles. The number of fused-ring (bicyclic) bond motifs is 1. The molecule has 0 radical (unpaired) electrons. The molecular formula is C22H23N5O3. The van der Waals surface area contributed by atoms with Gasteiger partial charge in [-0.15, -0.1) is 0 Å². The fraction of sp³-hybridized carbons (Fsp3) is 0.273. The summed E-state index contributed by atoms with van der Waals surface area (Å²) in [5.74, 6) is 0.0515. The zero-order valence-electron chi connectivity index (χ0n) is 16.9. The molecule has 0 spiro atoms. The Hall–Kier alpha value is -3.68. The van der Waals surface area contributed by atoms with Crippen molar-refractivity contribution in [1.29, 1.82) is 0 Å². The van der Waals surface area contributed by atoms with Gasteiger partial charge >= 0.3 is 0 Å². The zero-order chi connectivity index (χ0) is 21.3. The van der Waals surface area contributed by atoms with Crippen LogP contribution >= 0.6 is 0 Å². The van der Waals surface area contributed by atoms with Crippen LogP contribution in [0.1, 0.15) is 46.3 Å². The fourth-order valence-electron chi connectivity index (χ4n) is 3.78. The zero-order valence-corrected chi connectivity index (χ0v) is 16.9. The summed E-state index contributed by atoms with van der Waals surface area (Å²) in [7, 11) is 0. The molecule has 8 heteroatoms. The third-order valence-electron chi connectivity index (χ3n) is 5.30. The molecular weight excluding hydrogens is 382 g/mol. The van der Waals surface area contributed by atoms with Crippen LogP contribution in [0.2, 0.25) is 0 Å². The maximum atomic E-state index is 12.5. The highest BCUT2D eigenvalue weighted by atomic mass is 16.2. The second kappa shape index (κ2) is 7.98. The molecule has 1 fully saturated rings. The summed E-state index contributed by atoms with van der Waals surface area (Å²) in [6, 6.07) is 12.1. The predicted molar refractivity (Wildman–Crippen MR) is 113 cm³/mol. The topological polar surface area (TPSA) is 96.3 Å². The predicted octanol–water partition coefficient (Wildman–Crippen LogP) is 2.57. The van der Waals surface area contributed by atoms with Gasteiger partial charge in [0.15, 0.2) is 0 Å². The molecule has 1 aliphatic heterocycles. The number of benzene rings is 2. The molecule has 4 rings (SSSR count). The van der Waals surface area contributed by atoms with E-state index in [1.165, 1.54) is 0 Å². The van der Waals surface area contributed by atoms with Crippen LogP contribution in [0.25, 0.3) is 11.0 Å². The van der Waals surface area contributed by atoms with Crippen LogP contribution in [0.4, 0.5) is 5.69 Å². The molecule has 0 aliphatic carbocycles. The number of rotatable bonds is 4. The highest BCUT2D eigenvalue weighted by Gasteiger charge is 2.22. The molecule has 0 atom stereocenters. The van der Waals surface area contributed by atoms with Crippen molar-refractivity contribution in [3.8, 4) is 0 Å². The van der Waals surface area contributed by atoms with Crippen LogP contribution in [-0.4, -0.2) is 33.8 Å². The average molecular weight is 405 g/mol. The van der Waals surface area contributed by atoms with Crippen molar-refractivity contribution in [2.75, 3.05) is 11.4 Å². The Morgan fingerprint density at radius 3 is 2.47 bits per heavy atom. The van der Waals surface area contributed by atoms with E-state index in [4.69, 9.17) is 0 Å². The van der Waals surface area contributed by atoms with Crippen molar-refractivity contribution < 1.29 is 14.4 Å². The summed E-state index contributed by atoms with van der Waals surface area (Å²) in [5.41, 5.74) is 8.02. The van der Waals surface area contributed by atoms with E-state index in [2.05, 4.69) is 20.4 Å². The monoisotopic (exact) mass is 405 g/mol. The lowest BCUT2D eigenvalue weighted by Gasteiger charge is -2.16. The number of hydrogen-bond acceptors (Lipinski definition) is 4. The van der Waals surface area contributed by atoms with Gasteiger partial charge in [0.25, 0.3) is 11.8 Å². The van der Waals surface area contributed by atoms with Crippen molar-refractivity contribution in [2.45, 2.75) is 33.2 Å². The summed E-state index contributed by atoms with van der Waals surface area (Å²) >= 11 is 0. The molecule has 2 N–H and O–H groups in total. The maximum absolute atomic E-state index is 12.5. The van der Waals surface area contributed by atoms with Gasteiger partial charge < -0.3 is 9.47 Å². The Labute approximate surface area is 173 Å². The molecule has 2 heterocycles. The molecule has 154 valence electrons. The first-order valence-electron chi connectivity index (χ1n) is 9.96. The van der Waals surface area contributed by atoms with Crippen LogP contribution in [-0.2, 0) is 11.3 Å². The molecule has 1 aliphatic rings. The van der Waals surface area contributed by atoms with E-state index < -0.39 is 11.8 Å². The normalized spacial score (nSPS) is 13.7. The Bertz CT molecular complexity index is 1150. The first-order chi connectivity index (χ1) is 14.5. The number of carbonyl (C=O) groups is 3. The minimum atomic E-state index is -0.455.